The molecule has 0 radical (unpaired) electrons. The Labute approximate surface area is 85.0 Å². The molecule has 0 aromatic heterocycles. The van der Waals surface area contributed by atoms with E-state index in [-0.39, 0.29) is 23.7 Å². The number of hydrogen-bond donors (Lipinski definition) is 1. The number of ketones is 1. The maximum absolute atomic E-state index is 11.2. The molecule has 0 aromatic rings. The Morgan fingerprint density at radius 2 is 1.86 bits per heavy atom. The van der Waals surface area contributed by atoms with Crippen molar-refractivity contribution in [2.45, 2.75) is 45.7 Å². The fraction of sp³-hybridized carbons (Fsp3) is 0.800. The molecule has 0 aliphatic carbocycles. The second kappa shape index (κ2) is 5.10. The largest absolute Gasteiger partial charge is 0.469 e. The van der Waals surface area contributed by atoms with Gasteiger partial charge in [0.05, 0.1) is 19.6 Å². The molecule has 14 heavy (non-hydrogen) atoms. The molecule has 0 saturated carbocycles. The smallest absolute Gasteiger partial charge is 0.307 e. The third kappa shape index (κ3) is 5.70. The standard InChI is InChI=1S/C10H19NO3/c1-7(12)8(6-9(13)14-5)11-10(2,3)4/h8,11H,6H2,1-5H3. The monoisotopic (exact) mass is 201 g/mol. The van der Waals surface area contributed by atoms with E-state index in [1.165, 1.54) is 14.0 Å². The van der Waals surface area contributed by atoms with Crippen LogP contribution in [0.25, 0.3) is 0 Å². The molecule has 0 bridgehead atoms. The minimum absolute atomic E-state index is 0.0506. The number of ether oxygens (including phenoxy) is 1. The lowest BCUT2D eigenvalue weighted by molar-refractivity contribution is -0.142. The Balaban J connectivity index is 4.31. The molecule has 0 fully saturated rings. The molecule has 4 heteroatoms. The van der Waals surface area contributed by atoms with Crippen LogP contribution < -0.4 is 5.32 Å². The van der Waals surface area contributed by atoms with Crippen molar-refractivity contribution in [3.05, 3.63) is 0 Å². The first-order chi connectivity index (χ1) is 6.26. The second-order valence-corrected chi connectivity index (χ2v) is 4.34. The van der Waals surface area contributed by atoms with E-state index in [1.54, 1.807) is 0 Å². The van der Waals surface area contributed by atoms with Crippen LogP contribution in [-0.4, -0.2) is 30.4 Å². The van der Waals surface area contributed by atoms with Crippen LogP contribution in [0.4, 0.5) is 0 Å². The third-order valence-corrected chi connectivity index (χ3v) is 1.70. The lowest BCUT2D eigenvalue weighted by Crippen LogP contribution is -2.48. The highest BCUT2D eigenvalue weighted by Crippen LogP contribution is 2.05. The van der Waals surface area contributed by atoms with Crippen molar-refractivity contribution in [1.82, 2.24) is 5.32 Å². The highest BCUT2D eigenvalue weighted by Gasteiger charge is 2.23. The van der Waals surface area contributed by atoms with Crippen LogP contribution in [0.15, 0.2) is 0 Å². The van der Waals surface area contributed by atoms with E-state index in [2.05, 4.69) is 10.1 Å². The van der Waals surface area contributed by atoms with Gasteiger partial charge in [0, 0.05) is 5.54 Å². The summed E-state index contributed by atoms with van der Waals surface area (Å²) < 4.78 is 4.51. The average molecular weight is 201 g/mol. The van der Waals surface area contributed by atoms with Crippen LogP contribution in [0.2, 0.25) is 0 Å². The minimum atomic E-state index is -0.456. The average Bonchev–Trinajstić information content (AvgIpc) is 2.00. The first-order valence-electron chi connectivity index (χ1n) is 4.61. The number of Topliss-reactive ketones (excluding diaryl/α,β-unsaturated/α-hetero) is 1. The Morgan fingerprint density at radius 3 is 2.14 bits per heavy atom. The van der Waals surface area contributed by atoms with Gasteiger partial charge in [0.1, 0.15) is 5.78 Å². The molecule has 1 atom stereocenters. The third-order valence-electron chi connectivity index (χ3n) is 1.70. The van der Waals surface area contributed by atoms with Gasteiger partial charge in [-0.3, -0.25) is 9.59 Å². The maximum Gasteiger partial charge on any atom is 0.307 e. The Bertz CT molecular complexity index is 218. The Kier molecular flexibility index (Phi) is 4.77. The van der Waals surface area contributed by atoms with Gasteiger partial charge in [-0.2, -0.15) is 0 Å². The van der Waals surface area contributed by atoms with Gasteiger partial charge in [0.25, 0.3) is 0 Å². The van der Waals surface area contributed by atoms with Gasteiger partial charge in [-0.1, -0.05) is 0 Å². The van der Waals surface area contributed by atoms with Crippen molar-refractivity contribution < 1.29 is 14.3 Å². The number of nitrogens with one attached hydrogen (secondary N) is 1. The SMILES string of the molecule is COC(=O)CC(NC(C)(C)C)C(C)=O. The molecule has 0 spiro atoms. The summed E-state index contributed by atoms with van der Waals surface area (Å²) in [6, 6.07) is -0.456. The molecule has 0 heterocycles. The summed E-state index contributed by atoms with van der Waals surface area (Å²) in [5.41, 5.74) is -0.190. The maximum atomic E-state index is 11.2. The zero-order valence-electron chi connectivity index (χ0n) is 9.51. The minimum Gasteiger partial charge on any atom is -0.469 e. The number of hydrogen-bond acceptors (Lipinski definition) is 4. The van der Waals surface area contributed by atoms with Gasteiger partial charge in [-0.05, 0) is 27.7 Å². The van der Waals surface area contributed by atoms with E-state index in [1.807, 2.05) is 20.8 Å². The number of carbonyl (C=O) groups is 2. The van der Waals surface area contributed by atoms with E-state index in [4.69, 9.17) is 0 Å². The van der Waals surface area contributed by atoms with Gasteiger partial charge >= 0.3 is 5.97 Å². The molecule has 0 aliphatic rings. The number of methoxy groups -OCH3 is 1. The molecule has 0 aliphatic heterocycles. The first-order valence-corrected chi connectivity index (χ1v) is 4.61. The highest BCUT2D eigenvalue weighted by molar-refractivity contribution is 5.86. The number of carbonyl (C=O) groups excluding carboxylic acids is 2. The van der Waals surface area contributed by atoms with Crippen molar-refractivity contribution in [3.8, 4) is 0 Å². The lowest BCUT2D eigenvalue weighted by atomic mass is 10.0. The van der Waals surface area contributed by atoms with E-state index in [9.17, 15) is 9.59 Å². The van der Waals surface area contributed by atoms with Crippen LogP contribution >= 0.6 is 0 Å². The van der Waals surface area contributed by atoms with Gasteiger partial charge < -0.3 is 10.1 Å². The molecule has 1 N–H and O–H groups in total. The molecule has 0 saturated heterocycles. The summed E-state index contributed by atoms with van der Waals surface area (Å²) >= 11 is 0. The summed E-state index contributed by atoms with van der Waals surface area (Å²) in [6.45, 7) is 7.30. The fourth-order valence-electron chi connectivity index (χ4n) is 1.07. The van der Waals surface area contributed by atoms with Gasteiger partial charge in [0.2, 0.25) is 0 Å². The van der Waals surface area contributed by atoms with E-state index in [0.717, 1.165) is 0 Å². The molecular weight excluding hydrogens is 182 g/mol. The van der Waals surface area contributed by atoms with Crippen LogP contribution in [0.5, 0.6) is 0 Å². The lowest BCUT2D eigenvalue weighted by Gasteiger charge is -2.26. The zero-order chi connectivity index (χ0) is 11.4. The van der Waals surface area contributed by atoms with Gasteiger partial charge in [-0.15, -0.1) is 0 Å². The molecule has 0 rings (SSSR count). The van der Waals surface area contributed by atoms with E-state index < -0.39 is 6.04 Å². The van der Waals surface area contributed by atoms with Crippen molar-refractivity contribution in [2.75, 3.05) is 7.11 Å². The predicted molar refractivity (Wildman–Crippen MR) is 54.0 cm³/mol. The van der Waals surface area contributed by atoms with Crippen molar-refractivity contribution in [2.24, 2.45) is 0 Å². The summed E-state index contributed by atoms with van der Waals surface area (Å²) in [5, 5.41) is 3.07. The fourth-order valence-corrected chi connectivity index (χ4v) is 1.07. The summed E-state index contributed by atoms with van der Waals surface area (Å²) in [6.07, 6.45) is 0.0864. The highest BCUT2D eigenvalue weighted by atomic mass is 16.5. The van der Waals surface area contributed by atoms with E-state index >= 15 is 0 Å². The van der Waals surface area contributed by atoms with Crippen molar-refractivity contribution in [1.29, 1.82) is 0 Å². The zero-order valence-corrected chi connectivity index (χ0v) is 9.51. The molecule has 0 aromatic carbocycles. The van der Waals surface area contributed by atoms with Crippen molar-refractivity contribution in [3.63, 3.8) is 0 Å². The number of rotatable bonds is 4. The topological polar surface area (TPSA) is 55.4 Å². The van der Waals surface area contributed by atoms with Crippen LogP contribution in [0, 0.1) is 0 Å². The first kappa shape index (κ1) is 13.1. The van der Waals surface area contributed by atoms with E-state index in [0.29, 0.717) is 0 Å². The number of esters is 1. The molecule has 82 valence electrons. The van der Waals surface area contributed by atoms with Crippen molar-refractivity contribution >= 4 is 11.8 Å². The summed E-state index contributed by atoms with van der Waals surface area (Å²) in [5.74, 6) is -0.424. The predicted octanol–water partition coefficient (Wildman–Crippen LogP) is 0.895. The van der Waals surface area contributed by atoms with Crippen LogP contribution in [0.1, 0.15) is 34.1 Å². The van der Waals surface area contributed by atoms with Gasteiger partial charge in [0.15, 0.2) is 0 Å². The summed E-state index contributed by atoms with van der Waals surface area (Å²) in [7, 11) is 1.32. The Morgan fingerprint density at radius 1 is 1.36 bits per heavy atom. The molecule has 0 amide bonds. The Hall–Kier alpha value is -0.900. The summed E-state index contributed by atoms with van der Waals surface area (Å²) in [4.78, 5) is 22.2. The molecular formula is C10H19NO3. The van der Waals surface area contributed by atoms with Gasteiger partial charge in [-0.25, -0.2) is 0 Å². The molecule has 4 nitrogen and oxygen atoms in total. The van der Waals surface area contributed by atoms with Crippen LogP contribution in [0.3, 0.4) is 0 Å². The van der Waals surface area contributed by atoms with Crippen LogP contribution in [-0.2, 0) is 14.3 Å². The quantitative estimate of drug-likeness (QED) is 0.686. The molecule has 1 unspecified atom stereocenters. The normalized spacial score (nSPS) is 13.5. The second-order valence-electron chi connectivity index (χ2n) is 4.34.